The highest BCUT2D eigenvalue weighted by molar-refractivity contribution is 6.28. The van der Waals surface area contributed by atoms with Crippen molar-refractivity contribution in [1.82, 2.24) is 14.4 Å². The van der Waals surface area contributed by atoms with Gasteiger partial charge in [0.05, 0.1) is 16.3 Å². The third-order valence-corrected chi connectivity index (χ3v) is 6.35. The summed E-state index contributed by atoms with van der Waals surface area (Å²) in [5.74, 6) is 0. The van der Waals surface area contributed by atoms with Crippen molar-refractivity contribution in [1.29, 1.82) is 0 Å². The van der Waals surface area contributed by atoms with Gasteiger partial charge in [-0.15, -0.1) is 0 Å². The van der Waals surface area contributed by atoms with Crippen LogP contribution in [-0.2, 0) is 0 Å². The maximum absolute atomic E-state index is 6.47. The predicted octanol–water partition coefficient (Wildman–Crippen LogP) is 6.83. The molecule has 0 spiro atoms. The van der Waals surface area contributed by atoms with Crippen LogP contribution < -0.4 is 0 Å². The van der Waals surface area contributed by atoms with Crippen LogP contribution in [0.3, 0.4) is 0 Å². The number of nitrogens with zero attached hydrogens (tertiary/aromatic N) is 3. The second kappa shape index (κ2) is 5.21. The minimum Gasteiger partial charge on any atom is -0.456 e. The Morgan fingerprint density at radius 2 is 1.52 bits per heavy atom. The lowest BCUT2D eigenvalue weighted by Crippen LogP contribution is -1.91. The van der Waals surface area contributed by atoms with Gasteiger partial charge in [-0.2, -0.15) is 0 Å². The molecule has 3 aromatic carbocycles. The van der Waals surface area contributed by atoms with Crippen molar-refractivity contribution in [3.8, 4) is 0 Å². The fraction of sp³-hybridized carbons (Fsp3) is 0. The predicted molar refractivity (Wildman–Crippen MR) is 123 cm³/mol. The third-order valence-electron chi connectivity index (χ3n) is 6.35. The molecule has 0 unspecified atom stereocenters. The van der Waals surface area contributed by atoms with E-state index in [4.69, 9.17) is 8.83 Å². The number of imidazole rings is 1. The van der Waals surface area contributed by atoms with E-state index in [1.165, 1.54) is 0 Å². The Kier molecular flexibility index (Phi) is 2.60. The van der Waals surface area contributed by atoms with Crippen LogP contribution in [0.5, 0.6) is 0 Å². The van der Waals surface area contributed by atoms with Gasteiger partial charge in [0.2, 0.25) is 0 Å². The highest BCUT2D eigenvalue weighted by atomic mass is 16.3. The average molecular weight is 399 g/mol. The number of hydrogen-bond donors (Lipinski definition) is 0. The summed E-state index contributed by atoms with van der Waals surface area (Å²) in [6.45, 7) is 0. The lowest BCUT2D eigenvalue weighted by molar-refractivity contribution is 0.663. The average Bonchev–Trinajstić information content (AvgIpc) is 3.53. The van der Waals surface area contributed by atoms with Gasteiger partial charge in [0.25, 0.3) is 0 Å². The summed E-state index contributed by atoms with van der Waals surface area (Å²) in [7, 11) is 0. The van der Waals surface area contributed by atoms with E-state index in [-0.39, 0.29) is 0 Å². The van der Waals surface area contributed by atoms with Gasteiger partial charge in [-0.05, 0) is 41.8 Å². The van der Waals surface area contributed by atoms with E-state index in [9.17, 15) is 0 Å². The van der Waals surface area contributed by atoms with Crippen LogP contribution in [0.1, 0.15) is 0 Å². The van der Waals surface area contributed by atoms with E-state index in [1.807, 2.05) is 49.1 Å². The first kappa shape index (κ1) is 15.5. The number of furan rings is 2. The summed E-state index contributed by atoms with van der Waals surface area (Å²) < 4.78 is 14.7. The lowest BCUT2D eigenvalue weighted by Gasteiger charge is -2.08. The standard InChI is InChI=1S/C26H13N3O2/c1-2-4-19-16(3-1)23-21(30-19)8-6-17-22-20(31-25(17)23)7-5-15-14-9-10-27-13-18(14)26-28-11-12-29(26)24(15)22/h1-13H. The molecule has 144 valence electrons. The zero-order chi connectivity index (χ0) is 20.1. The van der Waals surface area contributed by atoms with Crippen molar-refractivity contribution < 1.29 is 8.83 Å². The van der Waals surface area contributed by atoms with Crippen LogP contribution in [-0.4, -0.2) is 14.4 Å². The summed E-state index contributed by atoms with van der Waals surface area (Å²) >= 11 is 0. The Labute approximate surface area is 174 Å². The Hall–Kier alpha value is -4.38. The first-order valence-corrected chi connectivity index (χ1v) is 10.2. The van der Waals surface area contributed by atoms with Gasteiger partial charge in [0.1, 0.15) is 28.0 Å². The minimum absolute atomic E-state index is 0.835. The van der Waals surface area contributed by atoms with Gasteiger partial charge in [-0.1, -0.05) is 18.2 Å². The Balaban J connectivity index is 1.70. The summed E-state index contributed by atoms with van der Waals surface area (Å²) in [6, 6.07) is 18.5. The molecule has 8 rings (SSSR count). The van der Waals surface area contributed by atoms with Crippen LogP contribution in [0, 0.1) is 0 Å². The number of fused-ring (bicyclic) bond motifs is 14. The molecule has 8 aromatic rings. The maximum Gasteiger partial charge on any atom is 0.147 e. The molecule has 5 nitrogen and oxygen atoms in total. The van der Waals surface area contributed by atoms with Gasteiger partial charge in [-0.3, -0.25) is 9.38 Å². The van der Waals surface area contributed by atoms with Gasteiger partial charge in [0, 0.05) is 46.3 Å². The molecule has 0 fully saturated rings. The molecule has 0 N–H and O–H groups in total. The van der Waals surface area contributed by atoms with E-state index in [2.05, 4.69) is 44.7 Å². The molecule has 0 aliphatic heterocycles. The van der Waals surface area contributed by atoms with E-state index in [0.29, 0.717) is 0 Å². The fourth-order valence-electron chi connectivity index (χ4n) is 5.07. The maximum atomic E-state index is 6.47. The topological polar surface area (TPSA) is 56.5 Å². The fourth-order valence-corrected chi connectivity index (χ4v) is 5.07. The highest BCUT2D eigenvalue weighted by Crippen LogP contribution is 2.42. The van der Waals surface area contributed by atoms with Crippen molar-refractivity contribution in [3.63, 3.8) is 0 Å². The molecule has 0 radical (unpaired) electrons. The summed E-state index contributed by atoms with van der Waals surface area (Å²) in [4.78, 5) is 8.95. The zero-order valence-corrected chi connectivity index (χ0v) is 16.2. The molecule has 0 aliphatic carbocycles. The first-order valence-electron chi connectivity index (χ1n) is 10.2. The summed E-state index contributed by atoms with van der Waals surface area (Å²) in [6.07, 6.45) is 7.56. The van der Waals surface area contributed by atoms with Crippen molar-refractivity contribution in [2.45, 2.75) is 0 Å². The first-order chi connectivity index (χ1) is 15.4. The largest absolute Gasteiger partial charge is 0.456 e. The molecule has 5 heteroatoms. The minimum atomic E-state index is 0.835. The second-order valence-corrected chi connectivity index (χ2v) is 7.89. The molecule has 31 heavy (non-hydrogen) atoms. The second-order valence-electron chi connectivity index (χ2n) is 7.89. The van der Waals surface area contributed by atoms with Gasteiger partial charge >= 0.3 is 0 Å². The van der Waals surface area contributed by atoms with Crippen LogP contribution in [0.15, 0.2) is 88.2 Å². The Morgan fingerprint density at radius 3 is 2.48 bits per heavy atom. The summed E-state index contributed by atoms with van der Waals surface area (Å²) in [5, 5.41) is 7.56. The lowest BCUT2D eigenvalue weighted by atomic mass is 10.0. The number of benzene rings is 3. The molecule has 0 amide bonds. The van der Waals surface area contributed by atoms with Crippen molar-refractivity contribution in [2.24, 2.45) is 0 Å². The number of rotatable bonds is 0. The number of aromatic nitrogens is 3. The number of para-hydroxylation sites is 1. The van der Waals surface area contributed by atoms with E-state index >= 15 is 0 Å². The molecular formula is C26H13N3O2. The molecule has 0 atom stereocenters. The van der Waals surface area contributed by atoms with Gasteiger partial charge in [0.15, 0.2) is 0 Å². The molecule has 0 aliphatic rings. The molecule has 5 aromatic heterocycles. The normalized spacial score (nSPS) is 12.5. The monoisotopic (exact) mass is 399 g/mol. The molecule has 0 bridgehead atoms. The highest BCUT2D eigenvalue weighted by Gasteiger charge is 2.20. The van der Waals surface area contributed by atoms with Crippen molar-refractivity contribution in [2.75, 3.05) is 0 Å². The Bertz CT molecular complexity index is 2010. The quantitative estimate of drug-likeness (QED) is 0.262. The van der Waals surface area contributed by atoms with Crippen molar-refractivity contribution in [3.05, 3.63) is 79.4 Å². The molecule has 0 saturated heterocycles. The van der Waals surface area contributed by atoms with E-state index in [1.54, 1.807) is 0 Å². The van der Waals surface area contributed by atoms with E-state index < -0.39 is 0 Å². The van der Waals surface area contributed by atoms with Crippen LogP contribution in [0.25, 0.3) is 71.2 Å². The Morgan fingerprint density at radius 1 is 0.645 bits per heavy atom. The van der Waals surface area contributed by atoms with Crippen molar-refractivity contribution >= 4 is 71.2 Å². The SMILES string of the molecule is c1ccc2c(c1)oc1ccc3c(oc4ccc5c6ccncc6c6nccn6c5c43)c12. The molecule has 0 saturated carbocycles. The van der Waals surface area contributed by atoms with Crippen LogP contribution >= 0.6 is 0 Å². The molecule has 5 heterocycles. The number of pyridine rings is 2. The number of hydrogen-bond acceptors (Lipinski definition) is 4. The molecular weight excluding hydrogens is 386 g/mol. The van der Waals surface area contributed by atoms with E-state index in [0.717, 1.165) is 71.2 Å². The third kappa shape index (κ3) is 1.78. The smallest absolute Gasteiger partial charge is 0.147 e. The van der Waals surface area contributed by atoms with Crippen LogP contribution in [0.4, 0.5) is 0 Å². The van der Waals surface area contributed by atoms with Crippen LogP contribution in [0.2, 0.25) is 0 Å². The van der Waals surface area contributed by atoms with Gasteiger partial charge < -0.3 is 8.83 Å². The zero-order valence-electron chi connectivity index (χ0n) is 16.2. The van der Waals surface area contributed by atoms with Gasteiger partial charge in [-0.25, -0.2) is 4.98 Å². The summed E-state index contributed by atoms with van der Waals surface area (Å²) in [5.41, 5.74) is 5.39.